The zero-order valence-electron chi connectivity index (χ0n) is 15.6. The Balaban J connectivity index is 1.80. The zero-order valence-corrected chi connectivity index (χ0v) is 17.1. The average molecular weight is 442 g/mol. The number of benzene rings is 2. The Kier molecular flexibility index (Phi) is 4.41. The molecule has 9 heteroatoms. The third-order valence-corrected chi connectivity index (χ3v) is 6.28. The number of carbonyl (C=O) groups excluding carboxylic acids is 1. The summed E-state index contributed by atoms with van der Waals surface area (Å²) in [4.78, 5) is 28.1. The number of anilines is 1. The van der Waals surface area contributed by atoms with Gasteiger partial charge >= 0.3 is 0 Å². The highest BCUT2D eigenvalue weighted by atomic mass is 35.5. The van der Waals surface area contributed by atoms with Crippen molar-refractivity contribution in [3.8, 4) is 0 Å². The highest BCUT2D eigenvalue weighted by Crippen LogP contribution is 2.42. The Morgan fingerprint density at radius 1 is 1.17 bits per heavy atom. The van der Waals surface area contributed by atoms with Crippen molar-refractivity contribution in [3.05, 3.63) is 85.4 Å². The van der Waals surface area contributed by atoms with E-state index in [9.17, 15) is 14.0 Å². The molecule has 1 aliphatic heterocycles. The first-order valence-electron chi connectivity index (χ1n) is 9.15. The van der Waals surface area contributed by atoms with Gasteiger partial charge in [0.25, 0.3) is 5.91 Å². The number of hydrogen-bond acceptors (Lipinski definition) is 6. The van der Waals surface area contributed by atoms with E-state index in [1.54, 1.807) is 24.3 Å². The van der Waals surface area contributed by atoms with Crippen molar-refractivity contribution >= 4 is 44.9 Å². The van der Waals surface area contributed by atoms with Crippen molar-refractivity contribution in [1.29, 1.82) is 0 Å². The number of amides is 1. The molecule has 2 aromatic carbocycles. The molecule has 4 aromatic rings. The maximum absolute atomic E-state index is 13.6. The van der Waals surface area contributed by atoms with Crippen molar-refractivity contribution in [2.24, 2.45) is 0 Å². The number of halogens is 2. The van der Waals surface area contributed by atoms with Gasteiger partial charge in [-0.15, -0.1) is 10.2 Å². The van der Waals surface area contributed by atoms with E-state index in [1.165, 1.54) is 34.4 Å². The van der Waals surface area contributed by atoms with E-state index in [4.69, 9.17) is 16.0 Å². The fourth-order valence-corrected chi connectivity index (χ4v) is 4.56. The van der Waals surface area contributed by atoms with Gasteiger partial charge in [0.05, 0.1) is 17.0 Å². The normalized spacial score (nSPS) is 15.8. The minimum atomic E-state index is -0.814. The summed E-state index contributed by atoms with van der Waals surface area (Å²) in [6.45, 7) is 1.93. The first-order chi connectivity index (χ1) is 14.5. The van der Waals surface area contributed by atoms with Crippen LogP contribution in [-0.2, 0) is 6.42 Å². The Morgan fingerprint density at radius 2 is 1.93 bits per heavy atom. The molecule has 1 atom stereocenters. The number of fused-ring (bicyclic) bond motifs is 2. The Bertz CT molecular complexity index is 1370. The molecule has 5 rings (SSSR count). The minimum Gasteiger partial charge on any atom is -0.450 e. The quantitative estimate of drug-likeness (QED) is 0.458. The number of aromatic nitrogens is 2. The number of rotatable bonds is 3. The molecule has 1 aliphatic rings. The molecule has 0 bridgehead atoms. The fourth-order valence-electron chi connectivity index (χ4n) is 3.59. The smallest absolute Gasteiger partial charge is 0.297 e. The van der Waals surface area contributed by atoms with Gasteiger partial charge < -0.3 is 4.42 Å². The van der Waals surface area contributed by atoms with E-state index < -0.39 is 17.8 Å². The second-order valence-electron chi connectivity index (χ2n) is 6.78. The largest absolute Gasteiger partial charge is 0.450 e. The SMILES string of the molecule is CCc1nnc(N2C(=O)c3oc4ccc(Cl)cc4c(=O)c3[C@H]2c2ccc(F)cc2)s1. The maximum atomic E-state index is 13.6. The van der Waals surface area contributed by atoms with Gasteiger partial charge in [0.1, 0.15) is 16.4 Å². The van der Waals surface area contributed by atoms with Crippen LogP contribution in [-0.4, -0.2) is 16.1 Å². The van der Waals surface area contributed by atoms with Crippen LogP contribution in [0.1, 0.15) is 39.7 Å². The van der Waals surface area contributed by atoms with Gasteiger partial charge in [-0.05, 0) is 42.3 Å². The van der Waals surface area contributed by atoms with Gasteiger partial charge in [0, 0.05) is 5.02 Å². The van der Waals surface area contributed by atoms with Crippen LogP contribution < -0.4 is 10.3 Å². The molecule has 0 fully saturated rings. The van der Waals surface area contributed by atoms with Crippen LogP contribution in [0.2, 0.25) is 5.02 Å². The average Bonchev–Trinajstić information content (AvgIpc) is 3.32. The Hall–Kier alpha value is -3.10. The monoisotopic (exact) mass is 441 g/mol. The van der Waals surface area contributed by atoms with Gasteiger partial charge in [-0.2, -0.15) is 0 Å². The van der Waals surface area contributed by atoms with E-state index in [-0.39, 0.29) is 27.7 Å². The van der Waals surface area contributed by atoms with E-state index in [2.05, 4.69) is 10.2 Å². The highest BCUT2D eigenvalue weighted by Gasteiger charge is 2.45. The molecule has 3 heterocycles. The van der Waals surface area contributed by atoms with E-state index >= 15 is 0 Å². The summed E-state index contributed by atoms with van der Waals surface area (Å²) in [5.41, 5.74) is 0.641. The second kappa shape index (κ2) is 7.00. The topological polar surface area (TPSA) is 76.3 Å². The Labute approximate surface area is 178 Å². The van der Waals surface area contributed by atoms with Crippen molar-refractivity contribution in [1.82, 2.24) is 10.2 Å². The molecule has 0 unspecified atom stereocenters. The molecular formula is C21H13ClFN3O3S. The van der Waals surface area contributed by atoms with E-state index in [1.807, 2.05) is 6.92 Å². The molecule has 1 amide bonds. The standard InChI is InChI=1S/C21H13ClFN3O3S/c1-2-15-24-25-21(30-15)26-17(10-3-6-12(23)7-4-10)16-18(27)13-9-11(22)5-8-14(13)29-19(16)20(26)28/h3-9,17H,2H2,1H3/t17-/m1/s1. The predicted octanol–water partition coefficient (Wildman–Crippen LogP) is 4.75. The molecule has 6 nitrogen and oxygen atoms in total. The van der Waals surface area contributed by atoms with E-state index in [0.717, 1.165) is 5.01 Å². The number of carbonyl (C=O) groups is 1. The van der Waals surface area contributed by atoms with Gasteiger partial charge in [0.2, 0.25) is 10.9 Å². The van der Waals surface area contributed by atoms with Crippen LogP contribution in [0.4, 0.5) is 9.52 Å². The summed E-state index contributed by atoms with van der Waals surface area (Å²) in [6, 6.07) is 9.50. The van der Waals surface area contributed by atoms with Crippen LogP contribution in [0.3, 0.4) is 0 Å². The number of hydrogen-bond donors (Lipinski definition) is 0. The van der Waals surface area contributed by atoms with Crippen LogP contribution >= 0.6 is 22.9 Å². The lowest BCUT2D eigenvalue weighted by Gasteiger charge is -2.22. The molecule has 2 aromatic heterocycles. The minimum absolute atomic E-state index is 0.0580. The summed E-state index contributed by atoms with van der Waals surface area (Å²) in [5.74, 6) is -0.971. The number of aryl methyl sites for hydroxylation is 1. The molecule has 0 saturated heterocycles. The van der Waals surface area contributed by atoms with E-state index in [0.29, 0.717) is 22.1 Å². The maximum Gasteiger partial charge on any atom is 0.297 e. The van der Waals surface area contributed by atoms with Crippen LogP contribution in [0.15, 0.2) is 51.7 Å². The highest BCUT2D eigenvalue weighted by molar-refractivity contribution is 7.15. The predicted molar refractivity (Wildman–Crippen MR) is 112 cm³/mol. The molecule has 0 spiro atoms. The molecule has 0 saturated carbocycles. The van der Waals surface area contributed by atoms with Gasteiger partial charge in [-0.25, -0.2) is 4.39 Å². The lowest BCUT2D eigenvalue weighted by atomic mass is 9.99. The van der Waals surface area contributed by atoms with Crippen LogP contribution in [0, 0.1) is 5.82 Å². The summed E-state index contributed by atoms with van der Waals surface area (Å²) in [5, 5.41) is 9.99. The van der Waals surface area contributed by atoms with Crippen molar-refractivity contribution in [2.75, 3.05) is 4.90 Å². The number of nitrogens with zero attached hydrogens (tertiary/aromatic N) is 3. The first-order valence-corrected chi connectivity index (χ1v) is 10.3. The molecule has 30 heavy (non-hydrogen) atoms. The summed E-state index contributed by atoms with van der Waals surface area (Å²) in [6.07, 6.45) is 0.660. The molecule has 0 aliphatic carbocycles. The summed E-state index contributed by atoms with van der Waals surface area (Å²) >= 11 is 7.33. The first kappa shape index (κ1) is 18.9. The summed E-state index contributed by atoms with van der Waals surface area (Å²) in [7, 11) is 0. The molecular weight excluding hydrogens is 429 g/mol. The molecule has 0 radical (unpaired) electrons. The summed E-state index contributed by atoms with van der Waals surface area (Å²) < 4.78 is 19.4. The van der Waals surface area contributed by atoms with Gasteiger partial charge in [0.15, 0.2) is 5.43 Å². The van der Waals surface area contributed by atoms with Crippen molar-refractivity contribution in [2.45, 2.75) is 19.4 Å². The lowest BCUT2D eigenvalue weighted by Crippen LogP contribution is -2.29. The third kappa shape index (κ3) is 2.83. The Morgan fingerprint density at radius 3 is 2.63 bits per heavy atom. The second-order valence-corrected chi connectivity index (χ2v) is 8.25. The molecule has 0 N–H and O–H groups in total. The lowest BCUT2D eigenvalue weighted by molar-refractivity contribution is 0.0970. The fraction of sp³-hybridized carbons (Fsp3) is 0.143. The molecule has 150 valence electrons. The van der Waals surface area contributed by atoms with Crippen LogP contribution in [0.25, 0.3) is 11.0 Å². The van der Waals surface area contributed by atoms with Crippen molar-refractivity contribution < 1.29 is 13.6 Å². The third-order valence-electron chi connectivity index (χ3n) is 4.98. The zero-order chi connectivity index (χ0) is 21.0. The van der Waals surface area contributed by atoms with Gasteiger partial charge in [-0.3, -0.25) is 14.5 Å². The van der Waals surface area contributed by atoms with Crippen molar-refractivity contribution in [3.63, 3.8) is 0 Å². The van der Waals surface area contributed by atoms with Gasteiger partial charge in [-0.1, -0.05) is 42.0 Å². The van der Waals surface area contributed by atoms with Crippen LogP contribution in [0.5, 0.6) is 0 Å².